The molecule has 0 saturated carbocycles. The van der Waals surface area contributed by atoms with Crippen molar-refractivity contribution < 1.29 is 9.84 Å². The first-order chi connectivity index (χ1) is 9.26. The molecule has 0 saturated heterocycles. The lowest BCUT2D eigenvalue weighted by Gasteiger charge is -2.13. The van der Waals surface area contributed by atoms with Gasteiger partial charge >= 0.3 is 0 Å². The van der Waals surface area contributed by atoms with Crippen LogP contribution in [0.3, 0.4) is 0 Å². The lowest BCUT2D eigenvalue weighted by atomic mass is 10.2. The summed E-state index contributed by atoms with van der Waals surface area (Å²) in [6.45, 7) is 3.85. The third kappa shape index (κ3) is 6.80. The summed E-state index contributed by atoms with van der Waals surface area (Å²) in [5.74, 6) is 0.615. The van der Waals surface area contributed by atoms with E-state index in [1.807, 2.05) is 0 Å². The average Bonchev–Trinajstić information content (AvgIpc) is 2.45. The highest BCUT2D eigenvalue weighted by molar-refractivity contribution is 5.36. The summed E-state index contributed by atoms with van der Waals surface area (Å²) in [5.41, 5.74) is 0.560. The maximum Gasteiger partial charge on any atom is 0.120 e. The summed E-state index contributed by atoms with van der Waals surface area (Å²) in [7, 11) is 0. The van der Waals surface area contributed by atoms with Gasteiger partial charge in [-0.25, -0.2) is 0 Å². The number of hydrogen-bond acceptors (Lipinski definition) is 4. The van der Waals surface area contributed by atoms with Gasteiger partial charge in [-0.3, -0.25) is 0 Å². The average molecular weight is 262 g/mol. The topological polar surface area (TPSA) is 65.3 Å². The van der Waals surface area contributed by atoms with Gasteiger partial charge in [-0.2, -0.15) is 5.26 Å². The molecule has 19 heavy (non-hydrogen) atoms. The molecule has 4 heteroatoms. The van der Waals surface area contributed by atoms with Crippen LogP contribution in [0.15, 0.2) is 24.3 Å². The van der Waals surface area contributed by atoms with Crippen LogP contribution < -0.4 is 10.1 Å². The minimum atomic E-state index is -0.535. The van der Waals surface area contributed by atoms with Gasteiger partial charge in [0.2, 0.25) is 0 Å². The van der Waals surface area contributed by atoms with E-state index < -0.39 is 6.10 Å². The van der Waals surface area contributed by atoms with Gasteiger partial charge in [-0.05, 0) is 31.2 Å². The van der Waals surface area contributed by atoms with Gasteiger partial charge < -0.3 is 15.2 Å². The molecule has 0 heterocycles. The minimum absolute atomic E-state index is 0.232. The van der Waals surface area contributed by atoms with Gasteiger partial charge in [0.15, 0.2) is 0 Å². The number of ether oxygens (including phenoxy) is 1. The zero-order chi connectivity index (χ0) is 13.9. The fourth-order valence-electron chi connectivity index (χ4n) is 1.68. The second-order valence-corrected chi connectivity index (χ2v) is 4.52. The fraction of sp³-hybridized carbons (Fsp3) is 0.533. The molecule has 0 aromatic heterocycles. The van der Waals surface area contributed by atoms with Crippen molar-refractivity contribution in [1.82, 2.24) is 5.32 Å². The van der Waals surface area contributed by atoms with Crippen LogP contribution in [0, 0.1) is 11.3 Å². The van der Waals surface area contributed by atoms with E-state index in [1.165, 1.54) is 12.8 Å². The van der Waals surface area contributed by atoms with Crippen LogP contribution in [0.2, 0.25) is 0 Å². The highest BCUT2D eigenvalue weighted by Crippen LogP contribution is 2.12. The first-order valence-electron chi connectivity index (χ1n) is 6.78. The molecule has 1 atom stereocenters. The number of aliphatic hydroxyl groups is 1. The zero-order valence-electron chi connectivity index (χ0n) is 11.4. The van der Waals surface area contributed by atoms with Gasteiger partial charge in [0.05, 0.1) is 11.6 Å². The second-order valence-electron chi connectivity index (χ2n) is 4.52. The van der Waals surface area contributed by atoms with Crippen LogP contribution in [0.4, 0.5) is 0 Å². The van der Waals surface area contributed by atoms with Crippen molar-refractivity contribution in [3.05, 3.63) is 29.8 Å². The van der Waals surface area contributed by atoms with E-state index in [-0.39, 0.29) is 6.61 Å². The molecule has 0 amide bonds. The Morgan fingerprint density at radius 2 is 2.26 bits per heavy atom. The van der Waals surface area contributed by atoms with Crippen LogP contribution in [-0.4, -0.2) is 30.9 Å². The number of unbranched alkanes of at least 4 members (excludes halogenated alkanes) is 2. The highest BCUT2D eigenvalue weighted by atomic mass is 16.5. The van der Waals surface area contributed by atoms with Crippen LogP contribution in [-0.2, 0) is 0 Å². The molecular formula is C15H22N2O2. The van der Waals surface area contributed by atoms with Crippen LogP contribution >= 0.6 is 0 Å². The first-order valence-corrected chi connectivity index (χ1v) is 6.78. The van der Waals surface area contributed by atoms with E-state index in [0.29, 0.717) is 17.9 Å². The highest BCUT2D eigenvalue weighted by Gasteiger charge is 2.05. The quantitative estimate of drug-likeness (QED) is 0.669. The standard InChI is InChI=1S/C15H22N2O2/c1-2-3-4-8-17-11-14(18)12-19-15-7-5-6-13(9-15)10-16/h5-7,9,14,17-18H,2-4,8,11-12H2,1H3. The molecule has 0 fully saturated rings. The Balaban J connectivity index is 2.18. The smallest absolute Gasteiger partial charge is 0.120 e. The maximum atomic E-state index is 9.74. The Labute approximate surface area is 115 Å². The molecule has 0 bridgehead atoms. The third-order valence-corrected chi connectivity index (χ3v) is 2.74. The lowest BCUT2D eigenvalue weighted by Crippen LogP contribution is -2.32. The van der Waals surface area contributed by atoms with E-state index in [0.717, 1.165) is 13.0 Å². The molecule has 1 rings (SSSR count). The number of nitrogens with one attached hydrogen (secondary N) is 1. The molecule has 0 spiro atoms. The van der Waals surface area contributed by atoms with Gasteiger partial charge in [-0.15, -0.1) is 0 Å². The number of hydrogen-bond donors (Lipinski definition) is 2. The molecule has 0 aliphatic carbocycles. The van der Waals surface area contributed by atoms with Crippen molar-refractivity contribution in [2.24, 2.45) is 0 Å². The number of rotatable bonds is 9. The fourth-order valence-corrected chi connectivity index (χ4v) is 1.68. The Hall–Kier alpha value is -1.57. The van der Waals surface area contributed by atoms with Gasteiger partial charge in [0.25, 0.3) is 0 Å². The molecule has 104 valence electrons. The van der Waals surface area contributed by atoms with Gasteiger partial charge in [-0.1, -0.05) is 25.8 Å². The van der Waals surface area contributed by atoms with Crippen molar-refractivity contribution in [2.75, 3.05) is 19.7 Å². The minimum Gasteiger partial charge on any atom is -0.491 e. The summed E-state index contributed by atoms with van der Waals surface area (Å²) in [6, 6.07) is 8.99. The van der Waals surface area contributed by atoms with Crippen LogP contribution in [0.5, 0.6) is 5.75 Å². The monoisotopic (exact) mass is 262 g/mol. The summed E-state index contributed by atoms with van der Waals surface area (Å²) < 4.78 is 5.45. The Kier molecular flexibility index (Phi) is 7.64. The van der Waals surface area contributed by atoms with Crippen molar-refractivity contribution in [3.8, 4) is 11.8 Å². The van der Waals surface area contributed by atoms with Crippen LogP contribution in [0.1, 0.15) is 31.7 Å². The lowest BCUT2D eigenvalue weighted by molar-refractivity contribution is 0.106. The van der Waals surface area contributed by atoms with E-state index >= 15 is 0 Å². The van der Waals surface area contributed by atoms with Crippen molar-refractivity contribution in [2.45, 2.75) is 32.3 Å². The Morgan fingerprint density at radius 3 is 3.00 bits per heavy atom. The molecule has 4 nitrogen and oxygen atoms in total. The predicted molar refractivity (Wildman–Crippen MR) is 75.1 cm³/mol. The molecule has 2 N–H and O–H groups in total. The largest absolute Gasteiger partial charge is 0.491 e. The number of nitriles is 1. The molecule has 0 radical (unpaired) electrons. The van der Waals surface area contributed by atoms with E-state index in [9.17, 15) is 5.11 Å². The molecular weight excluding hydrogens is 240 g/mol. The van der Waals surface area contributed by atoms with Crippen molar-refractivity contribution in [1.29, 1.82) is 5.26 Å². The summed E-state index contributed by atoms with van der Waals surface area (Å²) in [6.07, 6.45) is 3.00. The number of aliphatic hydroxyl groups excluding tert-OH is 1. The molecule has 0 aliphatic heterocycles. The molecule has 1 unspecified atom stereocenters. The Bertz CT molecular complexity index is 401. The summed E-state index contributed by atoms with van der Waals surface area (Å²) in [5, 5.41) is 21.7. The normalized spacial score (nSPS) is 11.8. The van der Waals surface area contributed by atoms with Crippen molar-refractivity contribution >= 4 is 0 Å². The summed E-state index contributed by atoms with van der Waals surface area (Å²) in [4.78, 5) is 0. The third-order valence-electron chi connectivity index (χ3n) is 2.74. The zero-order valence-corrected chi connectivity index (χ0v) is 11.4. The maximum absolute atomic E-state index is 9.74. The van der Waals surface area contributed by atoms with E-state index in [2.05, 4.69) is 18.3 Å². The predicted octanol–water partition coefficient (Wildman–Crippen LogP) is 2.08. The SMILES string of the molecule is CCCCCNCC(O)COc1cccc(C#N)c1. The molecule has 0 aliphatic rings. The Morgan fingerprint density at radius 1 is 1.42 bits per heavy atom. The van der Waals surface area contributed by atoms with E-state index in [1.54, 1.807) is 24.3 Å². The van der Waals surface area contributed by atoms with Gasteiger partial charge in [0, 0.05) is 6.54 Å². The summed E-state index contributed by atoms with van der Waals surface area (Å²) >= 11 is 0. The second kappa shape index (κ2) is 9.37. The molecule has 1 aromatic carbocycles. The molecule has 1 aromatic rings. The van der Waals surface area contributed by atoms with Gasteiger partial charge in [0.1, 0.15) is 18.5 Å². The first kappa shape index (κ1) is 15.5. The van der Waals surface area contributed by atoms with Crippen LogP contribution in [0.25, 0.3) is 0 Å². The van der Waals surface area contributed by atoms with E-state index in [4.69, 9.17) is 10.00 Å². The number of nitrogens with zero attached hydrogens (tertiary/aromatic N) is 1. The number of benzene rings is 1. The van der Waals surface area contributed by atoms with Crippen molar-refractivity contribution in [3.63, 3.8) is 0 Å².